The number of thiophene rings is 2. The Bertz CT molecular complexity index is 4460. The first-order valence-electron chi connectivity index (χ1n) is 36.3. The number of hydrogen-bond donors (Lipinski definition) is 4. The molecule has 107 heavy (non-hydrogen) atoms. The first-order chi connectivity index (χ1) is 48.4. The summed E-state index contributed by atoms with van der Waals surface area (Å²) in [6.07, 6.45) is 10.1. The van der Waals surface area contributed by atoms with Crippen LogP contribution < -0.4 is 0 Å². The van der Waals surface area contributed by atoms with Crippen molar-refractivity contribution in [2.24, 2.45) is 0 Å². The second-order valence-corrected chi connectivity index (χ2v) is 37.6. The average Bonchev–Trinajstić information content (AvgIpc) is 1.68. The highest BCUT2D eigenvalue weighted by Gasteiger charge is 2.31. The number of aryl methyl sites for hydroxylation is 5. The van der Waals surface area contributed by atoms with Gasteiger partial charge in [-0.15, -0.1) is 28.6 Å². The Balaban J connectivity index is 0.000000323. The van der Waals surface area contributed by atoms with Crippen molar-refractivity contribution in [1.82, 2.24) is 14.7 Å². The van der Waals surface area contributed by atoms with E-state index in [1.807, 2.05) is 56.2 Å². The molecule has 0 saturated heterocycles. The minimum absolute atomic E-state index is 0. The molecular weight excluding hydrogens is 1470 g/mol. The van der Waals surface area contributed by atoms with Gasteiger partial charge in [0.1, 0.15) is 5.83 Å². The highest BCUT2D eigenvalue weighted by molar-refractivity contribution is 14.1. The molecule has 2 aromatic heterocycles. The van der Waals surface area contributed by atoms with Gasteiger partial charge in [-0.05, 0) is 290 Å². The number of hydrogen-bond acceptors (Lipinski definition) is 9. The van der Waals surface area contributed by atoms with Crippen LogP contribution in [0, 0.1) is 50.0 Å². The van der Waals surface area contributed by atoms with E-state index in [9.17, 15) is 24.8 Å². The number of halogens is 2. The molecule has 0 amide bonds. The van der Waals surface area contributed by atoms with Gasteiger partial charge in [0.15, 0.2) is 0 Å². The number of rotatable bonds is 4. The standard InChI is InChI=1S/C15H19N.C15H18O.C15H20O.C13H20O.C12H14FNS.C12H17IO.C12H15NS.2CH4/c1-11-6-7-14-12(2)16(15(3,4)5)9-8-13(14)10-11;1-15(2,3)14-9-12-7-5-4-6-11(12)8-13(14)10-16;1-6-7-12-9-13(10-16)14(8-11(12)2)15(3,4)5;1-9-6-11(8-14)12(7-10(9)2)13(3,4)5;1-8-11-9(5-6-15-11)10(13)7-14(8)12(2,3)4;1-8-5-10(12(2,3)4)9(7-14)6-11(8)13;1-9-11-10(6-8-14-11)5-7-13(9)12(2,3)4;;/h6-10H,2H2,1,3-5H3;4-9,16H,10H2,1-3H3;8-9,16H,10H2,1-5H3;6-7,14H,8H2,1-5H3;5-7H,1H2,2-4H3;5-6,14H,7H2,1-4H3;5-8H,1H2,2-4H3;2*1H4. The highest BCUT2D eigenvalue weighted by Crippen LogP contribution is 2.42. The predicted molar refractivity (Wildman–Crippen MR) is 478 cm³/mol. The summed E-state index contributed by atoms with van der Waals surface area (Å²) in [7, 11) is 0. The van der Waals surface area contributed by atoms with E-state index in [1.165, 1.54) is 104 Å². The molecule has 11 rings (SSSR count). The number of fused-ring (bicyclic) bond motifs is 4. The Morgan fingerprint density at radius 2 is 0.832 bits per heavy atom. The maximum absolute atomic E-state index is 13.7. The van der Waals surface area contributed by atoms with Crippen molar-refractivity contribution in [3.63, 3.8) is 0 Å². The summed E-state index contributed by atoms with van der Waals surface area (Å²) in [4.78, 5) is 8.57. The third-order valence-electron chi connectivity index (χ3n) is 18.4. The van der Waals surface area contributed by atoms with Crippen LogP contribution in [0.15, 0.2) is 152 Å². The molecule has 0 fully saturated rings. The molecule has 0 atom stereocenters. The van der Waals surface area contributed by atoms with Crippen LogP contribution in [0.25, 0.3) is 45.8 Å². The smallest absolute Gasteiger partial charge is 0.148 e. The van der Waals surface area contributed by atoms with E-state index in [0.29, 0.717) is 5.56 Å². The van der Waals surface area contributed by atoms with Crippen LogP contribution in [-0.2, 0) is 48.1 Å². The molecule has 0 radical (unpaired) electrons. The van der Waals surface area contributed by atoms with E-state index in [1.54, 1.807) is 17.4 Å². The van der Waals surface area contributed by atoms with Gasteiger partial charge >= 0.3 is 0 Å². The summed E-state index contributed by atoms with van der Waals surface area (Å²) in [6, 6.07) is 35.7. The van der Waals surface area contributed by atoms with Crippen molar-refractivity contribution in [2.45, 2.75) is 266 Å². The van der Waals surface area contributed by atoms with Crippen molar-refractivity contribution >= 4 is 91.1 Å². The van der Waals surface area contributed by atoms with Gasteiger partial charge in [0.25, 0.3) is 0 Å². The largest absolute Gasteiger partial charge is 0.392 e. The molecule has 4 N–H and O–H groups in total. The molecule has 0 saturated carbocycles. The number of nitrogens with zero attached hydrogens (tertiary/aromatic N) is 3. The number of benzene rings is 6. The zero-order chi connectivity index (χ0) is 79.4. The summed E-state index contributed by atoms with van der Waals surface area (Å²) in [5.74, 6) is 5.80. The lowest BCUT2D eigenvalue weighted by atomic mass is 9.82. The van der Waals surface area contributed by atoms with Crippen molar-refractivity contribution in [3.8, 4) is 11.8 Å². The van der Waals surface area contributed by atoms with Crippen molar-refractivity contribution in [3.05, 3.63) is 266 Å². The summed E-state index contributed by atoms with van der Waals surface area (Å²) in [5, 5.41) is 43.9. The first kappa shape index (κ1) is 94.1. The molecule has 0 unspecified atom stereocenters. The van der Waals surface area contributed by atoms with Crippen molar-refractivity contribution < 1.29 is 24.8 Å². The van der Waals surface area contributed by atoms with Gasteiger partial charge in [-0.1, -0.05) is 202 Å². The van der Waals surface area contributed by atoms with Crippen LogP contribution in [0.2, 0.25) is 0 Å². The fourth-order valence-corrected chi connectivity index (χ4v) is 14.9. The normalized spacial score (nSPS) is 13.2. The van der Waals surface area contributed by atoms with E-state index in [2.05, 4.69) is 332 Å². The molecule has 11 heteroatoms. The maximum atomic E-state index is 13.7. The van der Waals surface area contributed by atoms with E-state index < -0.39 is 0 Å². The van der Waals surface area contributed by atoms with Crippen LogP contribution in [0.4, 0.5) is 4.39 Å². The predicted octanol–water partition coefficient (Wildman–Crippen LogP) is 26.5. The summed E-state index contributed by atoms with van der Waals surface area (Å²) in [6.45, 7) is 70.5. The Labute approximate surface area is 669 Å². The molecule has 5 heterocycles. The topological polar surface area (TPSA) is 90.6 Å². The van der Waals surface area contributed by atoms with Crippen molar-refractivity contribution in [2.75, 3.05) is 0 Å². The summed E-state index contributed by atoms with van der Waals surface area (Å²) in [5.41, 5.74) is 24.3. The Hall–Kier alpha value is -7.12. The molecule has 0 aliphatic carbocycles. The van der Waals surface area contributed by atoms with Gasteiger partial charge in [-0.3, -0.25) is 0 Å². The summed E-state index contributed by atoms with van der Waals surface area (Å²) >= 11 is 5.60. The van der Waals surface area contributed by atoms with Gasteiger partial charge in [-0.2, -0.15) is 0 Å². The Kier molecular flexibility index (Phi) is 33.8. The van der Waals surface area contributed by atoms with Crippen LogP contribution in [-0.4, -0.2) is 51.7 Å². The van der Waals surface area contributed by atoms with Crippen LogP contribution >= 0.6 is 45.3 Å². The quantitative estimate of drug-likeness (QED) is 0.103. The van der Waals surface area contributed by atoms with Crippen LogP contribution in [0.5, 0.6) is 0 Å². The second-order valence-electron chi connectivity index (χ2n) is 34.6. The molecule has 580 valence electrons. The molecule has 0 spiro atoms. The first-order valence-corrected chi connectivity index (χ1v) is 39.2. The zero-order valence-corrected chi connectivity index (χ0v) is 72.3. The minimum Gasteiger partial charge on any atom is -0.392 e. The highest BCUT2D eigenvalue weighted by atomic mass is 127. The molecular formula is C96H131FIN3O4S2. The fourth-order valence-electron chi connectivity index (χ4n) is 12.7. The van der Waals surface area contributed by atoms with Gasteiger partial charge in [0.2, 0.25) is 0 Å². The molecule has 3 aliphatic rings. The zero-order valence-electron chi connectivity index (χ0n) is 68.5. The third kappa shape index (κ3) is 25.2. The fraction of sp³-hybridized carbons (Fsp3) is 0.417. The Morgan fingerprint density at radius 3 is 1.32 bits per heavy atom. The van der Waals surface area contributed by atoms with Gasteiger partial charge < -0.3 is 35.1 Å². The molecule has 3 aliphatic heterocycles. The van der Waals surface area contributed by atoms with E-state index in [4.69, 9.17) is 0 Å². The second kappa shape index (κ2) is 38.5. The van der Waals surface area contributed by atoms with Gasteiger partial charge in [0.05, 0.1) is 47.6 Å². The maximum Gasteiger partial charge on any atom is 0.148 e. The number of aliphatic hydroxyl groups excluding tert-OH is 4. The molecule has 0 bridgehead atoms. The van der Waals surface area contributed by atoms with E-state index in [0.717, 1.165) is 49.8 Å². The molecule has 6 aromatic carbocycles. The van der Waals surface area contributed by atoms with Crippen molar-refractivity contribution in [1.29, 1.82) is 0 Å². The SMILES string of the molecule is C.C.C=C1c2ccc(C)cc2C=CN1C(C)(C)C.C=C1c2sccc2C(F)=CN1C(C)(C)C.C=C1c2sccc2C=CN1C(C)(C)C.CC#Cc1cc(CO)c(C(C)(C)C)cc1C.CC(C)(C)c1cc2ccccc2cc1CO.Cc1cc(C(C)(C)C)c(CO)cc1I.Cc1cc(CO)c(C(C)(C)C)cc1C. The summed E-state index contributed by atoms with van der Waals surface area (Å²) < 4.78 is 15.0. The van der Waals surface area contributed by atoms with Gasteiger partial charge in [0, 0.05) is 61.2 Å². The monoisotopic (exact) mass is 1600 g/mol. The molecule has 7 nitrogen and oxygen atoms in total. The van der Waals surface area contributed by atoms with Gasteiger partial charge in [-0.25, -0.2) is 4.39 Å². The van der Waals surface area contributed by atoms with Crippen LogP contribution in [0.1, 0.15) is 277 Å². The lowest BCUT2D eigenvalue weighted by Crippen LogP contribution is -2.36. The lowest BCUT2D eigenvalue weighted by Gasteiger charge is -2.38. The van der Waals surface area contributed by atoms with E-state index >= 15 is 0 Å². The van der Waals surface area contributed by atoms with E-state index in [-0.39, 0.29) is 85.4 Å². The molecule has 8 aromatic rings. The lowest BCUT2D eigenvalue weighted by molar-refractivity contribution is 0.278. The average molecular weight is 1600 g/mol. The Morgan fingerprint density at radius 1 is 0.430 bits per heavy atom. The van der Waals surface area contributed by atoms with Crippen LogP contribution in [0.3, 0.4) is 0 Å². The number of aliphatic hydroxyl groups is 4. The minimum atomic E-state index is -0.173. The third-order valence-corrected chi connectivity index (χ3v) is 21.6.